The van der Waals surface area contributed by atoms with Gasteiger partial charge in [-0.05, 0) is 33.6 Å². The molecule has 2 rings (SSSR count). The molecule has 4 N–H and O–H groups in total. The third-order valence-electron chi connectivity index (χ3n) is 3.39. The van der Waals surface area contributed by atoms with Crippen molar-refractivity contribution in [1.29, 1.82) is 0 Å². The number of nitrogens with zero attached hydrogens (tertiary/aromatic N) is 3. The van der Waals surface area contributed by atoms with Gasteiger partial charge >= 0.3 is 5.97 Å². The number of hydrogen-bond acceptors (Lipinski definition) is 7. The predicted molar refractivity (Wildman–Crippen MR) is 80.3 cm³/mol. The number of carbonyl (C=O) groups excluding carboxylic acids is 1. The highest BCUT2D eigenvalue weighted by Gasteiger charge is 2.36. The summed E-state index contributed by atoms with van der Waals surface area (Å²) in [5.74, 6) is -0.389. The normalized spacial score (nSPS) is 23.0. The van der Waals surface area contributed by atoms with Gasteiger partial charge in [0.25, 0.3) is 0 Å². The van der Waals surface area contributed by atoms with Gasteiger partial charge in [0.05, 0.1) is 30.2 Å². The molecule has 1 aromatic rings. The maximum Gasteiger partial charge on any atom is 0.312 e. The van der Waals surface area contributed by atoms with Crippen molar-refractivity contribution < 1.29 is 9.53 Å². The van der Waals surface area contributed by atoms with E-state index in [1.165, 1.54) is 0 Å². The molecule has 2 atom stereocenters. The van der Waals surface area contributed by atoms with Crippen molar-refractivity contribution >= 4 is 17.6 Å². The molecule has 0 saturated carbocycles. The maximum atomic E-state index is 12.3. The third kappa shape index (κ3) is 3.81. The minimum Gasteiger partial charge on any atom is -0.460 e. The highest BCUT2D eigenvalue weighted by Crippen LogP contribution is 2.27. The molecule has 1 saturated heterocycles. The molecule has 21 heavy (non-hydrogen) atoms. The molecule has 1 fully saturated rings. The highest BCUT2D eigenvalue weighted by molar-refractivity contribution is 5.74. The second kappa shape index (κ2) is 5.85. The van der Waals surface area contributed by atoms with Crippen LogP contribution in [-0.2, 0) is 9.53 Å². The Balaban J connectivity index is 2.12. The van der Waals surface area contributed by atoms with Crippen LogP contribution in [-0.4, -0.2) is 34.2 Å². The SMILES string of the molecule is CC(C)(C)OC(=O)C1CCCN(c2cnc(N)nc2)C1N. The summed E-state index contributed by atoms with van der Waals surface area (Å²) < 4.78 is 5.45. The number of esters is 1. The summed E-state index contributed by atoms with van der Waals surface area (Å²) in [7, 11) is 0. The Labute approximate surface area is 124 Å². The summed E-state index contributed by atoms with van der Waals surface area (Å²) in [4.78, 5) is 22.1. The Morgan fingerprint density at radius 3 is 2.57 bits per heavy atom. The van der Waals surface area contributed by atoms with E-state index in [2.05, 4.69) is 9.97 Å². The summed E-state index contributed by atoms with van der Waals surface area (Å²) in [6.07, 6.45) is 4.39. The fraction of sp³-hybridized carbons (Fsp3) is 0.643. The zero-order valence-corrected chi connectivity index (χ0v) is 12.7. The molecule has 0 spiro atoms. The Kier molecular flexibility index (Phi) is 4.32. The molecule has 0 amide bonds. The van der Waals surface area contributed by atoms with Gasteiger partial charge in [0.15, 0.2) is 0 Å². The molecule has 7 nitrogen and oxygen atoms in total. The molecular formula is C14H23N5O2. The van der Waals surface area contributed by atoms with E-state index < -0.39 is 11.8 Å². The molecule has 7 heteroatoms. The predicted octanol–water partition coefficient (Wildman–Crippen LogP) is 0.902. The summed E-state index contributed by atoms with van der Waals surface area (Å²) >= 11 is 0. The monoisotopic (exact) mass is 293 g/mol. The van der Waals surface area contributed by atoms with E-state index in [-0.39, 0.29) is 17.8 Å². The number of carbonyl (C=O) groups is 1. The van der Waals surface area contributed by atoms with Crippen LogP contribution in [0.2, 0.25) is 0 Å². The largest absolute Gasteiger partial charge is 0.460 e. The van der Waals surface area contributed by atoms with Gasteiger partial charge < -0.3 is 21.1 Å². The Hall–Kier alpha value is -1.89. The van der Waals surface area contributed by atoms with Crippen LogP contribution in [0.1, 0.15) is 33.6 Å². The zero-order valence-electron chi connectivity index (χ0n) is 12.7. The van der Waals surface area contributed by atoms with Crippen molar-refractivity contribution in [3.63, 3.8) is 0 Å². The van der Waals surface area contributed by atoms with Crippen molar-refractivity contribution in [2.75, 3.05) is 17.2 Å². The smallest absolute Gasteiger partial charge is 0.312 e. The molecule has 2 unspecified atom stereocenters. The quantitative estimate of drug-likeness (QED) is 0.780. The van der Waals surface area contributed by atoms with Gasteiger partial charge in [-0.1, -0.05) is 0 Å². The van der Waals surface area contributed by atoms with E-state index in [1.54, 1.807) is 12.4 Å². The summed E-state index contributed by atoms with van der Waals surface area (Å²) in [6, 6.07) is 0. The van der Waals surface area contributed by atoms with E-state index in [0.717, 1.165) is 25.1 Å². The van der Waals surface area contributed by atoms with Crippen LogP contribution in [0.4, 0.5) is 11.6 Å². The third-order valence-corrected chi connectivity index (χ3v) is 3.39. The highest BCUT2D eigenvalue weighted by atomic mass is 16.6. The van der Waals surface area contributed by atoms with Crippen molar-refractivity contribution in [2.24, 2.45) is 11.7 Å². The molecule has 116 valence electrons. The van der Waals surface area contributed by atoms with Crippen molar-refractivity contribution in [1.82, 2.24) is 9.97 Å². The van der Waals surface area contributed by atoms with Crippen molar-refractivity contribution in [2.45, 2.75) is 45.4 Å². The molecule has 0 radical (unpaired) electrons. The lowest BCUT2D eigenvalue weighted by Gasteiger charge is -2.39. The molecule has 0 aromatic carbocycles. The number of rotatable bonds is 2. The van der Waals surface area contributed by atoms with Gasteiger partial charge in [-0.15, -0.1) is 0 Å². The Bertz CT molecular complexity index is 497. The first-order chi connectivity index (χ1) is 9.78. The van der Waals surface area contributed by atoms with Crippen LogP contribution in [0.5, 0.6) is 0 Å². The van der Waals surface area contributed by atoms with E-state index >= 15 is 0 Å². The molecule has 0 aliphatic carbocycles. The van der Waals surface area contributed by atoms with Crippen LogP contribution in [0.3, 0.4) is 0 Å². The molecule has 2 heterocycles. The van der Waals surface area contributed by atoms with Gasteiger partial charge in [0, 0.05) is 6.54 Å². The fourth-order valence-corrected chi connectivity index (χ4v) is 2.43. The molecule has 1 aromatic heterocycles. The van der Waals surface area contributed by atoms with E-state index in [0.29, 0.717) is 0 Å². The van der Waals surface area contributed by atoms with Gasteiger partial charge in [-0.3, -0.25) is 4.79 Å². The van der Waals surface area contributed by atoms with Gasteiger partial charge in [0.2, 0.25) is 5.95 Å². The number of hydrogen-bond donors (Lipinski definition) is 2. The maximum absolute atomic E-state index is 12.3. The van der Waals surface area contributed by atoms with E-state index in [9.17, 15) is 4.79 Å². The van der Waals surface area contributed by atoms with Crippen LogP contribution < -0.4 is 16.4 Å². The Morgan fingerprint density at radius 2 is 2.00 bits per heavy atom. The van der Waals surface area contributed by atoms with Crippen molar-refractivity contribution in [3.05, 3.63) is 12.4 Å². The molecular weight excluding hydrogens is 270 g/mol. The van der Waals surface area contributed by atoms with Crippen LogP contribution in [0.25, 0.3) is 0 Å². The number of ether oxygens (including phenoxy) is 1. The first-order valence-electron chi connectivity index (χ1n) is 7.10. The minimum absolute atomic E-state index is 0.216. The lowest BCUT2D eigenvalue weighted by atomic mass is 9.94. The van der Waals surface area contributed by atoms with Crippen LogP contribution >= 0.6 is 0 Å². The Morgan fingerprint density at radius 1 is 1.38 bits per heavy atom. The van der Waals surface area contributed by atoms with Gasteiger partial charge in [0.1, 0.15) is 5.60 Å². The number of piperidine rings is 1. The number of nitrogens with two attached hydrogens (primary N) is 2. The van der Waals surface area contributed by atoms with Gasteiger partial charge in [-0.2, -0.15) is 0 Å². The van der Waals surface area contributed by atoms with E-state index in [4.69, 9.17) is 16.2 Å². The average Bonchev–Trinajstić information content (AvgIpc) is 2.38. The molecule has 0 bridgehead atoms. The standard InChI is InChI=1S/C14H23N5O2/c1-14(2,3)21-12(20)10-5-4-6-19(11(10)15)9-7-17-13(16)18-8-9/h7-8,10-11H,4-6,15H2,1-3H3,(H2,16,17,18). The lowest BCUT2D eigenvalue weighted by Crippen LogP contribution is -2.54. The van der Waals surface area contributed by atoms with Crippen LogP contribution in [0, 0.1) is 5.92 Å². The first kappa shape index (κ1) is 15.5. The van der Waals surface area contributed by atoms with Crippen LogP contribution in [0.15, 0.2) is 12.4 Å². The second-order valence-electron chi connectivity index (χ2n) is 6.27. The lowest BCUT2D eigenvalue weighted by molar-refractivity contribution is -0.161. The summed E-state index contributed by atoms with van der Waals surface area (Å²) in [5.41, 5.74) is 12.0. The van der Waals surface area contributed by atoms with Gasteiger partial charge in [-0.25, -0.2) is 9.97 Å². The number of aromatic nitrogens is 2. The number of nitrogen functional groups attached to an aromatic ring is 1. The second-order valence-corrected chi connectivity index (χ2v) is 6.27. The molecule has 1 aliphatic rings. The number of anilines is 2. The minimum atomic E-state index is -0.511. The summed E-state index contributed by atoms with van der Waals surface area (Å²) in [6.45, 7) is 6.31. The topological polar surface area (TPSA) is 107 Å². The first-order valence-corrected chi connectivity index (χ1v) is 7.10. The van der Waals surface area contributed by atoms with Crippen molar-refractivity contribution in [3.8, 4) is 0 Å². The fourth-order valence-electron chi connectivity index (χ4n) is 2.43. The average molecular weight is 293 g/mol. The summed E-state index contributed by atoms with van der Waals surface area (Å²) in [5, 5.41) is 0. The van der Waals surface area contributed by atoms with E-state index in [1.807, 2.05) is 25.7 Å². The zero-order chi connectivity index (χ0) is 15.6. The molecule has 1 aliphatic heterocycles.